The van der Waals surface area contributed by atoms with Crippen molar-refractivity contribution in [1.29, 1.82) is 0 Å². The summed E-state index contributed by atoms with van der Waals surface area (Å²) in [4.78, 5) is 29.7. The predicted octanol–water partition coefficient (Wildman–Crippen LogP) is 2.68. The van der Waals surface area contributed by atoms with E-state index in [-0.39, 0.29) is 12.3 Å². The Kier molecular flexibility index (Phi) is 4.71. The number of hydrogen-bond donors (Lipinski definition) is 1. The van der Waals surface area contributed by atoms with E-state index in [1.165, 1.54) is 11.3 Å². The van der Waals surface area contributed by atoms with Crippen LogP contribution in [0.1, 0.15) is 18.5 Å². The van der Waals surface area contributed by atoms with Crippen molar-refractivity contribution in [3.05, 3.63) is 41.4 Å². The van der Waals surface area contributed by atoms with E-state index in [1.807, 2.05) is 35.7 Å². The third-order valence-electron chi connectivity index (χ3n) is 4.03. The number of hydrogen-bond acceptors (Lipinski definition) is 4. The van der Waals surface area contributed by atoms with Crippen molar-refractivity contribution in [1.82, 2.24) is 9.88 Å². The van der Waals surface area contributed by atoms with Gasteiger partial charge >= 0.3 is 5.97 Å². The normalized spacial score (nSPS) is 17.9. The first-order valence-corrected chi connectivity index (χ1v) is 8.52. The van der Waals surface area contributed by atoms with Gasteiger partial charge in [-0.1, -0.05) is 30.3 Å². The van der Waals surface area contributed by atoms with Crippen LogP contribution in [0.15, 0.2) is 35.7 Å². The molecule has 120 valence electrons. The Morgan fingerprint density at radius 1 is 1.30 bits per heavy atom. The summed E-state index contributed by atoms with van der Waals surface area (Å²) in [6.07, 6.45) is 1.62. The molecule has 2 aromatic rings. The van der Waals surface area contributed by atoms with Crippen LogP contribution in [0.3, 0.4) is 0 Å². The van der Waals surface area contributed by atoms with Gasteiger partial charge in [-0.2, -0.15) is 0 Å². The van der Waals surface area contributed by atoms with E-state index >= 15 is 0 Å². The van der Waals surface area contributed by atoms with Gasteiger partial charge in [-0.3, -0.25) is 9.59 Å². The minimum absolute atomic E-state index is 0.0409. The Labute approximate surface area is 138 Å². The van der Waals surface area contributed by atoms with Crippen molar-refractivity contribution in [2.75, 3.05) is 13.1 Å². The maximum atomic E-state index is 12.4. The van der Waals surface area contributed by atoms with Gasteiger partial charge in [-0.25, -0.2) is 4.98 Å². The largest absolute Gasteiger partial charge is 0.481 e. The molecule has 6 heteroatoms. The first-order chi connectivity index (χ1) is 11.1. The molecule has 1 N–H and O–H groups in total. The summed E-state index contributed by atoms with van der Waals surface area (Å²) in [6.45, 7) is 0.947. The Bertz CT molecular complexity index is 699. The number of benzene rings is 1. The van der Waals surface area contributed by atoms with Crippen LogP contribution in [-0.4, -0.2) is 40.0 Å². The number of thiazole rings is 1. The van der Waals surface area contributed by atoms with Gasteiger partial charge in [-0.15, -0.1) is 11.3 Å². The fraction of sp³-hybridized carbons (Fsp3) is 0.353. The maximum Gasteiger partial charge on any atom is 0.308 e. The van der Waals surface area contributed by atoms with Crippen LogP contribution in [0.4, 0.5) is 0 Å². The molecular formula is C17H18N2O3S. The number of likely N-dealkylation sites (tertiary alicyclic amines) is 1. The smallest absolute Gasteiger partial charge is 0.308 e. The average Bonchev–Trinajstić information content (AvgIpc) is 3.04. The number of carboxylic acids is 1. The van der Waals surface area contributed by atoms with Gasteiger partial charge in [0.1, 0.15) is 5.01 Å². The third-order valence-corrected chi connectivity index (χ3v) is 4.97. The van der Waals surface area contributed by atoms with Gasteiger partial charge in [-0.05, 0) is 12.8 Å². The summed E-state index contributed by atoms with van der Waals surface area (Å²) in [5.41, 5.74) is 1.79. The second-order valence-electron chi connectivity index (χ2n) is 5.70. The van der Waals surface area contributed by atoms with E-state index in [9.17, 15) is 9.59 Å². The molecule has 0 aliphatic carbocycles. The first-order valence-electron chi connectivity index (χ1n) is 7.64. The molecule has 1 fully saturated rings. The molecule has 1 saturated heterocycles. The summed E-state index contributed by atoms with van der Waals surface area (Å²) < 4.78 is 0. The number of nitrogens with zero attached hydrogens (tertiary/aromatic N) is 2. The molecule has 1 amide bonds. The first kappa shape index (κ1) is 15.7. The van der Waals surface area contributed by atoms with Crippen molar-refractivity contribution < 1.29 is 14.7 Å². The van der Waals surface area contributed by atoms with E-state index in [1.54, 1.807) is 4.90 Å². The summed E-state index contributed by atoms with van der Waals surface area (Å²) in [7, 11) is 0. The van der Waals surface area contributed by atoms with E-state index < -0.39 is 11.9 Å². The number of rotatable bonds is 4. The number of carbonyl (C=O) groups excluding carboxylic acids is 1. The second-order valence-corrected chi connectivity index (χ2v) is 6.56. The molecule has 2 heterocycles. The van der Waals surface area contributed by atoms with Crippen LogP contribution in [0, 0.1) is 5.92 Å². The molecule has 23 heavy (non-hydrogen) atoms. The molecule has 5 nitrogen and oxygen atoms in total. The lowest BCUT2D eigenvalue weighted by atomic mass is 9.98. The SMILES string of the molecule is O=C(O)[C@H]1CCCN(C(=O)Cc2csc(-c3ccccc3)n2)C1. The monoisotopic (exact) mass is 330 g/mol. The van der Waals surface area contributed by atoms with Crippen LogP contribution in [0.5, 0.6) is 0 Å². The number of carbonyl (C=O) groups is 2. The lowest BCUT2D eigenvalue weighted by Crippen LogP contribution is -2.43. The molecule has 1 aliphatic rings. The van der Waals surface area contributed by atoms with Crippen molar-refractivity contribution in [3.63, 3.8) is 0 Å². The highest BCUT2D eigenvalue weighted by Gasteiger charge is 2.28. The molecule has 1 aromatic heterocycles. The van der Waals surface area contributed by atoms with E-state index in [0.717, 1.165) is 22.7 Å². The molecule has 0 unspecified atom stereocenters. The van der Waals surface area contributed by atoms with Crippen molar-refractivity contribution in [3.8, 4) is 10.6 Å². The summed E-state index contributed by atoms with van der Waals surface area (Å²) in [5.74, 6) is -1.30. The Hall–Kier alpha value is -2.21. The quantitative estimate of drug-likeness (QED) is 0.935. The average molecular weight is 330 g/mol. The van der Waals surface area contributed by atoms with Crippen molar-refractivity contribution >= 4 is 23.2 Å². The molecule has 0 radical (unpaired) electrons. The van der Waals surface area contributed by atoms with Crippen molar-refractivity contribution in [2.45, 2.75) is 19.3 Å². The Morgan fingerprint density at radius 2 is 2.09 bits per heavy atom. The fourth-order valence-electron chi connectivity index (χ4n) is 2.77. The minimum atomic E-state index is -0.817. The zero-order valence-electron chi connectivity index (χ0n) is 12.6. The molecule has 1 aromatic carbocycles. The predicted molar refractivity (Wildman–Crippen MR) is 88.2 cm³/mol. The lowest BCUT2D eigenvalue weighted by Gasteiger charge is -2.30. The third kappa shape index (κ3) is 3.76. The number of carboxylic acid groups (broad SMARTS) is 1. The van der Waals surface area contributed by atoms with E-state index in [0.29, 0.717) is 19.5 Å². The van der Waals surface area contributed by atoms with Gasteiger partial charge in [0.05, 0.1) is 18.0 Å². The Balaban J connectivity index is 1.64. The number of piperidine rings is 1. The molecule has 1 atom stereocenters. The number of aromatic nitrogens is 1. The zero-order valence-corrected chi connectivity index (χ0v) is 13.5. The van der Waals surface area contributed by atoms with Gasteiger partial charge in [0, 0.05) is 24.0 Å². The molecule has 1 aliphatic heterocycles. The number of aliphatic carboxylic acids is 1. The molecule has 0 bridgehead atoms. The standard InChI is InChI=1S/C17H18N2O3S/c20-15(19-8-4-7-13(10-19)17(21)22)9-14-11-23-16(18-14)12-5-2-1-3-6-12/h1-3,5-6,11,13H,4,7-10H2,(H,21,22)/t13-/m0/s1. The van der Waals surface area contributed by atoms with Gasteiger partial charge in [0.2, 0.25) is 5.91 Å². The van der Waals surface area contributed by atoms with Gasteiger partial charge in [0.25, 0.3) is 0 Å². The summed E-state index contributed by atoms with van der Waals surface area (Å²) in [6, 6.07) is 9.86. The number of amides is 1. The second kappa shape index (κ2) is 6.91. The van der Waals surface area contributed by atoms with Crippen LogP contribution in [0.25, 0.3) is 10.6 Å². The summed E-state index contributed by atoms with van der Waals surface area (Å²) >= 11 is 1.52. The van der Waals surface area contributed by atoms with Gasteiger partial charge in [0.15, 0.2) is 0 Å². The molecular weight excluding hydrogens is 312 g/mol. The molecule has 0 saturated carbocycles. The fourth-order valence-corrected chi connectivity index (χ4v) is 3.60. The minimum Gasteiger partial charge on any atom is -0.481 e. The van der Waals surface area contributed by atoms with Crippen LogP contribution in [-0.2, 0) is 16.0 Å². The van der Waals surface area contributed by atoms with E-state index in [2.05, 4.69) is 4.98 Å². The summed E-state index contributed by atoms with van der Waals surface area (Å²) in [5, 5.41) is 11.9. The maximum absolute atomic E-state index is 12.4. The molecule has 3 rings (SSSR count). The zero-order chi connectivity index (χ0) is 16.2. The molecule has 0 spiro atoms. The highest BCUT2D eigenvalue weighted by atomic mass is 32.1. The van der Waals surface area contributed by atoms with Crippen LogP contribution >= 0.6 is 11.3 Å². The van der Waals surface area contributed by atoms with Crippen molar-refractivity contribution in [2.24, 2.45) is 5.92 Å². The lowest BCUT2D eigenvalue weighted by molar-refractivity contribution is -0.145. The topological polar surface area (TPSA) is 70.5 Å². The van der Waals surface area contributed by atoms with Gasteiger partial charge < -0.3 is 10.0 Å². The highest BCUT2D eigenvalue weighted by molar-refractivity contribution is 7.13. The highest BCUT2D eigenvalue weighted by Crippen LogP contribution is 2.24. The van der Waals surface area contributed by atoms with E-state index in [4.69, 9.17) is 5.11 Å². The van der Waals surface area contributed by atoms with Crippen LogP contribution in [0.2, 0.25) is 0 Å². The van der Waals surface area contributed by atoms with Crippen LogP contribution < -0.4 is 0 Å². The Morgan fingerprint density at radius 3 is 2.83 bits per heavy atom.